The highest BCUT2D eigenvalue weighted by Gasteiger charge is 2.28. The number of amides is 2. The number of carbonyl (C=O) groups excluding carboxylic acids is 3. The van der Waals surface area contributed by atoms with E-state index in [1.54, 1.807) is 25.9 Å². The van der Waals surface area contributed by atoms with Crippen molar-refractivity contribution < 1.29 is 28.6 Å². The molecule has 1 aromatic rings. The van der Waals surface area contributed by atoms with Crippen LogP contribution < -0.4 is 0 Å². The van der Waals surface area contributed by atoms with Gasteiger partial charge in [-0.15, -0.1) is 0 Å². The number of likely N-dealkylation sites (N-methyl/N-ethyl adjacent to an activating group) is 1. The Morgan fingerprint density at radius 2 is 1.68 bits per heavy atom. The molecular formula is C23H34N2O6. The molecule has 1 saturated carbocycles. The molecule has 0 atom stereocenters. The van der Waals surface area contributed by atoms with E-state index in [-0.39, 0.29) is 49.8 Å². The van der Waals surface area contributed by atoms with Gasteiger partial charge in [0, 0.05) is 26.7 Å². The Morgan fingerprint density at radius 1 is 1.00 bits per heavy atom. The highest BCUT2D eigenvalue weighted by atomic mass is 16.6. The van der Waals surface area contributed by atoms with Crippen molar-refractivity contribution in [1.29, 1.82) is 0 Å². The van der Waals surface area contributed by atoms with E-state index in [4.69, 9.17) is 14.2 Å². The molecule has 0 aromatic heterocycles. The van der Waals surface area contributed by atoms with Gasteiger partial charge in [-0.05, 0) is 38.2 Å². The van der Waals surface area contributed by atoms with Gasteiger partial charge in [0.15, 0.2) is 0 Å². The molecule has 1 aliphatic carbocycles. The predicted molar refractivity (Wildman–Crippen MR) is 115 cm³/mol. The number of carbonyl (C=O) groups is 3. The van der Waals surface area contributed by atoms with Gasteiger partial charge in [-0.2, -0.15) is 0 Å². The molecule has 0 unspecified atom stereocenters. The molecule has 2 amide bonds. The number of ether oxygens (including phenoxy) is 3. The normalized spacial score (nSPS) is 18.2. The van der Waals surface area contributed by atoms with Crippen LogP contribution in [0.3, 0.4) is 0 Å². The van der Waals surface area contributed by atoms with Crippen molar-refractivity contribution in [2.24, 2.45) is 0 Å². The van der Waals surface area contributed by atoms with Crippen LogP contribution in [0.15, 0.2) is 30.3 Å². The van der Waals surface area contributed by atoms with Crippen LogP contribution in [-0.4, -0.2) is 73.8 Å². The van der Waals surface area contributed by atoms with E-state index in [2.05, 4.69) is 0 Å². The lowest BCUT2D eigenvalue weighted by atomic mass is 9.92. The van der Waals surface area contributed by atoms with Crippen LogP contribution in [0.1, 0.15) is 44.6 Å². The Hall–Kier alpha value is -2.61. The lowest BCUT2D eigenvalue weighted by molar-refractivity contribution is -0.144. The number of esters is 1. The second-order valence-corrected chi connectivity index (χ2v) is 7.76. The summed E-state index contributed by atoms with van der Waals surface area (Å²) in [7, 11) is 3.42. The van der Waals surface area contributed by atoms with E-state index in [9.17, 15) is 14.4 Å². The van der Waals surface area contributed by atoms with Gasteiger partial charge >= 0.3 is 12.1 Å². The molecule has 0 saturated heterocycles. The Balaban J connectivity index is 1.64. The Labute approximate surface area is 184 Å². The van der Waals surface area contributed by atoms with Gasteiger partial charge in [0.05, 0.1) is 19.1 Å². The van der Waals surface area contributed by atoms with Crippen molar-refractivity contribution in [3.8, 4) is 0 Å². The molecule has 1 aromatic carbocycles. The van der Waals surface area contributed by atoms with E-state index in [0.29, 0.717) is 13.2 Å². The SMILES string of the molecule is CCOC(=O)CCN(C)C(=O)CO[C@H]1CC[C@H](N(C)C(=O)OCc2ccccc2)CC1. The minimum Gasteiger partial charge on any atom is -0.466 e. The lowest BCUT2D eigenvalue weighted by Crippen LogP contribution is -2.41. The van der Waals surface area contributed by atoms with Crippen molar-refractivity contribution >= 4 is 18.0 Å². The Bertz CT molecular complexity index is 703. The van der Waals surface area contributed by atoms with Crippen molar-refractivity contribution in [3.63, 3.8) is 0 Å². The molecule has 0 radical (unpaired) electrons. The first-order valence-electron chi connectivity index (χ1n) is 10.8. The molecule has 0 spiro atoms. The van der Waals surface area contributed by atoms with Gasteiger partial charge in [-0.3, -0.25) is 9.59 Å². The minimum atomic E-state index is -0.327. The summed E-state index contributed by atoms with van der Waals surface area (Å²) in [6.45, 7) is 2.64. The maximum absolute atomic E-state index is 12.3. The highest BCUT2D eigenvalue weighted by molar-refractivity contribution is 5.78. The molecule has 2 rings (SSSR count). The maximum Gasteiger partial charge on any atom is 0.410 e. The van der Waals surface area contributed by atoms with E-state index < -0.39 is 0 Å². The van der Waals surface area contributed by atoms with Crippen LogP contribution in [0.4, 0.5) is 4.79 Å². The molecule has 1 aliphatic rings. The standard InChI is InChI=1S/C23H34N2O6/c1-4-29-22(27)14-15-24(2)21(26)17-30-20-12-10-19(11-13-20)25(3)23(28)31-16-18-8-6-5-7-9-18/h5-9,19-20H,4,10-17H2,1-3H3/t19-,20-. The summed E-state index contributed by atoms with van der Waals surface area (Å²) in [5.74, 6) is -0.471. The van der Waals surface area contributed by atoms with Crippen molar-refractivity contribution in [2.45, 2.75) is 57.8 Å². The summed E-state index contributed by atoms with van der Waals surface area (Å²) >= 11 is 0. The first kappa shape index (κ1) is 24.7. The topological polar surface area (TPSA) is 85.4 Å². The molecule has 0 bridgehead atoms. The molecular weight excluding hydrogens is 400 g/mol. The molecule has 0 aliphatic heterocycles. The van der Waals surface area contributed by atoms with Gasteiger partial charge in [-0.25, -0.2) is 4.79 Å². The lowest BCUT2D eigenvalue weighted by Gasteiger charge is -2.34. The summed E-state index contributed by atoms with van der Waals surface area (Å²) in [6, 6.07) is 9.70. The fourth-order valence-corrected chi connectivity index (χ4v) is 3.49. The van der Waals surface area contributed by atoms with Crippen LogP contribution in [0, 0.1) is 0 Å². The van der Waals surface area contributed by atoms with Crippen LogP contribution in [0.2, 0.25) is 0 Å². The van der Waals surface area contributed by atoms with Crippen LogP contribution in [0.5, 0.6) is 0 Å². The zero-order chi connectivity index (χ0) is 22.6. The largest absolute Gasteiger partial charge is 0.466 e. The Kier molecular flexibility index (Phi) is 10.3. The second kappa shape index (κ2) is 12.9. The number of benzene rings is 1. The van der Waals surface area contributed by atoms with E-state index in [1.807, 2.05) is 30.3 Å². The van der Waals surface area contributed by atoms with Crippen molar-refractivity contribution in [1.82, 2.24) is 9.80 Å². The zero-order valence-corrected chi connectivity index (χ0v) is 18.7. The maximum atomic E-state index is 12.3. The highest BCUT2D eigenvalue weighted by Crippen LogP contribution is 2.25. The molecule has 172 valence electrons. The first-order valence-corrected chi connectivity index (χ1v) is 10.8. The molecule has 8 nitrogen and oxygen atoms in total. The third-order valence-electron chi connectivity index (χ3n) is 5.51. The van der Waals surface area contributed by atoms with Gasteiger partial charge in [0.25, 0.3) is 0 Å². The zero-order valence-electron chi connectivity index (χ0n) is 18.7. The minimum absolute atomic E-state index is 0.00704. The fourth-order valence-electron chi connectivity index (χ4n) is 3.49. The third kappa shape index (κ3) is 8.57. The third-order valence-corrected chi connectivity index (χ3v) is 5.51. The predicted octanol–water partition coefficient (Wildman–Crippen LogP) is 2.99. The second-order valence-electron chi connectivity index (χ2n) is 7.76. The van der Waals surface area contributed by atoms with Crippen LogP contribution >= 0.6 is 0 Å². The quantitative estimate of drug-likeness (QED) is 0.526. The average Bonchev–Trinajstić information content (AvgIpc) is 2.80. The number of rotatable bonds is 10. The molecule has 0 heterocycles. The average molecular weight is 435 g/mol. The van der Waals surface area contributed by atoms with E-state index in [1.165, 1.54) is 4.90 Å². The monoisotopic (exact) mass is 434 g/mol. The smallest absolute Gasteiger partial charge is 0.410 e. The van der Waals surface area contributed by atoms with Crippen LogP contribution in [-0.2, 0) is 30.4 Å². The summed E-state index contributed by atoms with van der Waals surface area (Å²) in [6.07, 6.45) is 3.00. The molecule has 8 heteroatoms. The summed E-state index contributed by atoms with van der Waals surface area (Å²) in [5, 5.41) is 0. The molecule has 1 fully saturated rings. The summed E-state index contributed by atoms with van der Waals surface area (Å²) in [4.78, 5) is 39.1. The number of nitrogens with zero attached hydrogens (tertiary/aromatic N) is 2. The van der Waals surface area contributed by atoms with E-state index >= 15 is 0 Å². The van der Waals surface area contributed by atoms with Gasteiger partial charge in [0.1, 0.15) is 13.2 Å². The summed E-state index contributed by atoms with van der Waals surface area (Å²) < 4.78 is 16.0. The van der Waals surface area contributed by atoms with Crippen molar-refractivity contribution in [3.05, 3.63) is 35.9 Å². The Morgan fingerprint density at radius 3 is 2.32 bits per heavy atom. The summed E-state index contributed by atoms with van der Waals surface area (Å²) in [5.41, 5.74) is 0.957. The number of hydrogen-bond acceptors (Lipinski definition) is 6. The first-order chi connectivity index (χ1) is 14.9. The number of hydrogen-bond donors (Lipinski definition) is 0. The van der Waals surface area contributed by atoms with Gasteiger partial charge < -0.3 is 24.0 Å². The van der Waals surface area contributed by atoms with E-state index in [0.717, 1.165) is 31.2 Å². The molecule has 0 N–H and O–H groups in total. The van der Waals surface area contributed by atoms with Crippen molar-refractivity contribution in [2.75, 3.05) is 33.9 Å². The van der Waals surface area contributed by atoms with Gasteiger partial charge in [0.2, 0.25) is 5.91 Å². The fraction of sp³-hybridized carbons (Fsp3) is 0.609. The molecule has 31 heavy (non-hydrogen) atoms. The van der Waals surface area contributed by atoms with Gasteiger partial charge in [-0.1, -0.05) is 30.3 Å². The van der Waals surface area contributed by atoms with Crippen LogP contribution in [0.25, 0.3) is 0 Å².